The van der Waals surface area contributed by atoms with E-state index in [1.54, 1.807) is 0 Å². The van der Waals surface area contributed by atoms with Gasteiger partial charge in [0.2, 0.25) is 0 Å². The average molecular weight is 1440 g/mol. The largest absolute Gasteiger partial charge is 0.507 e. The second-order valence-corrected chi connectivity index (χ2v) is 39.7. The summed E-state index contributed by atoms with van der Waals surface area (Å²) in [6.45, 7) is 74.4. The van der Waals surface area contributed by atoms with E-state index in [0.717, 1.165) is 89.0 Å². The predicted octanol–water partition coefficient (Wildman–Crippen LogP) is 22.4. The SMILES string of the molecule is C=CC(=O)Oc1c(CC2=C(Cc3cc(C(C)(C)C)c(O)c(C(C)(C)C)c3)C(Cc3cc(C)cc(C(C)(C)C)c3OC(=O)C=C)C(O)(Cc3cc(C(C)(C)C)c(O)c(C(C)(C)C)c3)C(Cc3cc(C)cc(C(C)(C)C)c3OC(=O)C=C)=C2Cc2cc(C(C)(C)C)c(O)c(C(C)(C)C)c2)cc(C)cc1C(C)(C)C. The minimum atomic E-state index is -2.03. The molecular formula is C96H128O10. The number of phenolic OH excluding ortho intramolecular Hbond substituents is 3. The summed E-state index contributed by atoms with van der Waals surface area (Å²) in [5.74, 6) is -1.28. The number of carbonyl (C=O) groups is 3. The second kappa shape index (κ2) is 30.1. The van der Waals surface area contributed by atoms with Crippen molar-refractivity contribution in [1.82, 2.24) is 0 Å². The summed E-state index contributed by atoms with van der Waals surface area (Å²) in [4.78, 5) is 42.8. The molecule has 0 spiro atoms. The van der Waals surface area contributed by atoms with Gasteiger partial charge in [-0.2, -0.15) is 0 Å². The number of aliphatic hydroxyl groups is 1. The molecule has 2 atom stereocenters. The van der Waals surface area contributed by atoms with Crippen molar-refractivity contribution in [1.29, 1.82) is 0 Å². The fraction of sp³-hybridized carbons (Fsp3) is 0.490. The van der Waals surface area contributed by atoms with Gasteiger partial charge in [-0.3, -0.25) is 0 Å². The zero-order valence-corrected chi connectivity index (χ0v) is 70.3. The Kier molecular flexibility index (Phi) is 24.1. The molecule has 1 aliphatic rings. The first-order valence-electron chi connectivity index (χ1n) is 37.9. The van der Waals surface area contributed by atoms with E-state index >= 15 is 5.11 Å². The number of hydrogen-bond donors (Lipinski definition) is 4. The Labute approximate surface area is 637 Å². The second-order valence-electron chi connectivity index (χ2n) is 39.7. The molecule has 10 nitrogen and oxygen atoms in total. The molecule has 0 radical (unpaired) electrons. The first-order chi connectivity index (χ1) is 48.1. The van der Waals surface area contributed by atoms with Crippen LogP contribution in [0.4, 0.5) is 0 Å². The summed E-state index contributed by atoms with van der Waals surface area (Å²) in [5, 5.41) is 54.6. The average Bonchev–Trinajstić information content (AvgIpc) is 0.714. The van der Waals surface area contributed by atoms with E-state index in [1.165, 1.54) is 18.2 Å². The number of allylic oxidation sites excluding steroid dienone is 2. The number of aromatic hydroxyl groups is 3. The monoisotopic (exact) mass is 1440 g/mol. The van der Waals surface area contributed by atoms with Gasteiger partial charge in [0.25, 0.3) is 0 Å². The lowest BCUT2D eigenvalue weighted by atomic mass is 9.60. The van der Waals surface area contributed by atoms with Crippen LogP contribution in [0.1, 0.15) is 287 Å². The van der Waals surface area contributed by atoms with Gasteiger partial charge in [0.15, 0.2) is 0 Å². The molecular weight excluding hydrogens is 1310 g/mol. The molecule has 0 aliphatic heterocycles. The van der Waals surface area contributed by atoms with E-state index in [4.69, 9.17) is 14.2 Å². The quantitative estimate of drug-likeness (QED) is 0.0371. The molecule has 2 unspecified atom stereocenters. The Hall–Kier alpha value is -8.21. The fourth-order valence-corrected chi connectivity index (χ4v) is 15.4. The van der Waals surface area contributed by atoms with Gasteiger partial charge in [0.1, 0.15) is 34.5 Å². The van der Waals surface area contributed by atoms with Crippen molar-refractivity contribution in [2.75, 3.05) is 0 Å². The van der Waals surface area contributed by atoms with Gasteiger partial charge in [-0.25, -0.2) is 14.4 Å². The van der Waals surface area contributed by atoms with E-state index < -0.39 is 78.2 Å². The standard InChI is InChI=1S/C96H128O10/c1-34-78(97)104-84-61(37-55(4)40-75(84)93(25,26)27)51-64-65(43-58-45-69(87(7,8)9)81(100)70(46-58)88(10,11)12)67(52-62-38-56(5)41-76(94(28,29)30)85(62)105-79(98)35-2)96(103,54-60-49-73(91(19,20)21)83(102)74(50-60)92(22,23)24)68(53-63-39-57(6)42-77(95(31,32)33)86(63)106-80(99)36-3)66(64)44-59-47-71(89(13,14)15)82(101)72(48-59)90(16,17)18/h34-42,45-50,67,100-103H,1-3,43-44,51-54H2,4-33H3. The third kappa shape index (κ3) is 19.0. The van der Waals surface area contributed by atoms with Crippen molar-refractivity contribution in [2.45, 2.75) is 301 Å². The Morgan fingerprint density at radius 1 is 0.358 bits per heavy atom. The summed E-state index contributed by atoms with van der Waals surface area (Å²) >= 11 is 0. The Morgan fingerprint density at radius 2 is 0.623 bits per heavy atom. The molecule has 572 valence electrons. The minimum absolute atomic E-state index is 0.00338. The highest BCUT2D eigenvalue weighted by atomic mass is 16.5. The highest BCUT2D eigenvalue weighted by molar-refractivity contribution is 5.85. The smallest absolute Gasteiger partial charge is 0.335 e. The molecule has 0 amide bonds. The van der Waals surface area contributed by atoms with E-state index in [1.807, 2.05) is 13.8 Å². The maximum absolute atomic E-state index is 16.5. The molecule has 6 aromatic carbocycles. The molecule has 6 aromatic rings. The van der Waals surface area contributed by atoms with Gasteiger partial charge >= 0.3 is 17.9 Å². The third-order valence-electron chi connectivity index (χ3n) is 20.9. The Balaban J connectivity index is 1.99. The first-order valence-corrected chi connectivity index (χ1v) is 37.9. The van der Waals surface area contributed by atoms with Crippen molar-refractivity contribution < 1.29 is 49.0 Å². The molecule has 7 rings (SSSR count). The third-order valence-corrected chi connectivity index (χ3v) is 20.9. The van der Waals surface area contributed by atoms with Crippen LogP contribution in [0.2, 0.25) is 0 Å². The van der Waals surface area contributed by atoms with Crippen LogP contribution < -0.4 is 14.2 Å². The molecule has 4 N–H and O–H groups in total. The number of hydrogen-bond acceptors (Lipinski definition) is 10. The van der Waals surface area contributed by atoms with E-state index in [-0.39, 0.29) is 55.8 Å². The van der Waals surface area contributed by atoms with Crippen LogP contribution in [0, 0.1) is 26.7 Å². The fourth-order valence-electron chi connectivity index (χ4n) is 15.4. The maximum atomic E-state index is 16.5. The van der Waals surface area contributed by atoms with E-state index in [9.17, 15) is 29.7 Å². The topological polar surface area (TPSA) is 160 Å². The number of benzene rings is 6. The van der Waals surface area contributed by atoms with Crippen molar-refractivity contribution in [3.05, 3.63) is 233 Å². The molecule has 0 saturated carbocycles. The van der Waals surface area contributed by atoms with Gasteiger partial charge in [-0.1, -0.05) is 302 Å². The van der Waals surface area contributed by atoms with Crippen LogP contribution >= 0.6 is 0 Å². The first kappa shape index (κ1) is 85.0. The van der Waals surface area contributed by atoms with Crippen molar-refractivity contribution in [3.8, 4) is 34.5 Å². The number of aryl methyl sites for hydroxylation is 3. The van der Waals surface area contributed by atoms with Crippen molar-refractivity contribution in [2.24, 2.45) is 5.92 Å². The zero-order valence-electron chi connectivity index (χ0n) is 70.3. The number of ether oxygens (including phenoxy) is 3. The highest BCUT2D eigenvalue weighted by Crippen LogP contribution is 2.55. The summed E-state index contributed by atoms with van der Waals surface area (Å²) in [5.41, 5.74) is 9.57. The molecule has 1 aliphatic carbocycles. The van der Waals surface area contributed by atoms with Gasteiger partial charge in [-0.05, 0) is 172 Å². The molecule has 0 aromatic heterocycles. The summed E-state index contributed by atoms with van der Waals surface area (Å²) < 4.78 is 19.9. The van der Waals surface area contributed by atoms with Crippen molar-refractivity contribution >= 4 is 17.9 Å². The molecule has 10 heteroatoms. The van der Waals surface area contributed by atoms with Crippen LogP contribution in [0.5, 0.6) is 34.5 Å². The lowest BCUT2D eigenvalue weighted by molar-refractivity contribution is -0.130. The minimum Gasteiger partial charge on any atom is -0.507 e. The van der Waals surface area contributed by atoms with Gasteiger partial charge in [0.05, 0.1) is 5.60 Å². The van der Waals surface area contributed by atoms with Gasteiger partial charge < -0.3 is 34.6 Å². The maximum Gasteiger partial charge on any atom is 0.335 e. The zero-order chi connectivity index (χ0) is 80.4. The Morgan fingerprint density at radius 3 is 0.915 bits per heavy atom. The molecule has 0 heterocycles. The van der Waals surface area contributed by atoms with Crippen LogP contribution in [0.3, 0.4) is 0 Å². The number of phenols is 3. The normalized spacial score (nSPS) is 15.9. The molecule has 106 heavy (non-hydrogen) atoms. The highest BCUT2D eigenvalue weighted by Gasteiger charge is 2.50. The summed E-state index contributed by atoms with van der Waals surface area (Å²) in [6, 6.07) is 25.0. The van der Waals surface area contributed by atoms with Crippen LogP contribution in [-0.2, 0) is 102 Å². The van der Waals surface area contributed by atoms with Gasteiger partial charge in [0, 0.05) is 60.1 Å². The van der Waals surface area contributed by atoms with Crippen LogP contribution in [0.15, 0.2) is 133 Å². The summed E-state index contributed by atoms with van der Waals surface area (Å²) in [7, 11) is 0. The van der Waals surface area contributed by atoms with Crippen LogP contribution in [0.25, 0.3) is 0 Å². The predicted molar refractivity (Wildman–Crippen MR) is 438 cm³/mol. The molecule has 0 bridgehead atoms. The van der Waals surface area contributed by atoms with Crippen molar-refractivity contribution in [3.63, 3.8) is 0 Å². The number of carbonyl (C=O) groups excluding carboxylic acids is 3. The Bertz CT molecular complexity index is 4400. The summed E-state index contributed by atoms with van der Waals surface area (Å²) in [6.07, 6.45) is 4.02. The molecule has 0 fully saturated rings. The number of rotatable bonds is 18. The lowest BCUT2D eigenvalue weighted by Gasteiger charge is -2.47. The lowest BCUT2D eigenvalue weighted by Crippen LogP contribution is -2.49. The van der Waals surface area contributed by atoms with Crippen LogP contribution in [-0.4, -0.2) is 43.9 Å². The van der Waals surface area contributed by atoms with Gasteiger partial charge in [-0.15, -0.1) is 0 Å². The number of esters is 3. The van der Waals surface area contributed by atoms with E-state index in [2.05, 4.69) is 286 Å². The van der Waals surface area contributed by atoms with E-state index in [0.29, 0.717) is 50.6 Å². The molecule has 0 saturated heterocycles.